The number of aliphatic carboxylic acids is 4. The second-order valence-corrected chi connectivity index (χ2v) is 25.0. The molecule has 20 nitrogen and oxygen atoms in total. The molecule has 110 heavy (non-hydrogen) atoms. The zero-order valence-corrected chi connectivity index (χ0v) is 57.6. The minimum atomic E-state index is -1.25. The topological polar surface area (TPSA) is 340 Å². The highest BCUT2D eigenvalue weighted by molar-refractivity contribution is 6.04. The van der Waals surface area contributed by atoms with Gasteiger partial charge in [0.2, 0.25) is 0 Å². The normalized spacial score (nSPS) is 12.1. The first-order valence-corrected chi connectivity index (χ1v) is 33.3. The Kier molecular flexibility index (Phi) is 25.5. The van der Waals surface area contributed by atoms with E-state index < -0.39 is 143 Å². The van der Waals surface area contributed by atoms with Crippen LogP contribution in [0.5, 0.6) is 11.5 Å². The van der Waals surface area contributed by atoms with Crippen LogP contribution < -0.4 is 9.47 Å². The number of halogens is 8. The molecule has 4 aromatic heterocycles. The van der Waals surface area contributed by atoms with Crippen molar-refractivity contribution in [3.8, 4) is 11.5 Å². The minimum Gasteiger partial charge on any atom is -0.495 e. The Balaban J connectivity index is 0.000000157. The fourth-order valence-corrected chi connectivity index (χ4v) is 12.4. The van der Waals surface area contributed by atoms with Gasteiger partial charge in [-0.25, -0.2) is 35.1 Å². The number of aromatic nitrogens is 4. The summed E-state index contributed by atoms with van der Waals surface area (Å²) in [4.78, 5) is 109. The number of nitrogens with one attached hydrogen (secondary N) is 4. The zero-order valence-electron chi connectivity index (χ0n) is 57.6. The number of carbonyl (C=O) groups excluding carboxylic acids is 4. The quantitative estimate of drug-likeness (QED) is 0.0178. The Labute approximate surface area is 617 Å². The average molecular weight is 1510 g/mol. The first-order chi connectivity index (χ1) is 52.7. The van der Waals surface area contributed by atoms with Crippen molar-refractivity contribution < 1.29 is 114 Å². The summed E-state index contributed by atoms with van der Waals surface area (Å²) in [5.41, 5.74) is 4.83. The van der Waals surface area contributed by atoms with E-state index in [1.54, 1.807) is 72.8 Å². The molecule has 0 spiro atoms. The number of ether oxygens (including phenoxy) is 2. The minimum absolute atomic E-state index is 0.158. The van der Waals surface area contributed by atoms with Crippen LogP contribution in [0.25, 0.3) is 43.6 Å². The number of carboxylic acids is 4. The predicted octanol–water partition coefficient (Wildman–Crippen LogP) is 16.1. The molecule has 564 valence electrons. The third-order valence-corrected chi connectivity index (χ3v) is 18.0. The highest BCUT2D eigenvalue weighted by atomic mass is 19.2. The Morgan fingerprint density at radius 2 is 0.745 bits per heavy atom. The van der Waals surface area contributed by atoms with Crippen LogP contribution in [0.1, 0.15) is 130 Å². The number of carboxylic acid groups (broad SMARTS) is 4. The molecule has 13 rings (SSSR count). The number of methoxy groups -OCH3 is 1. The molecule has 0 aliphatic rings. The van der Waals surface area contributed by atoms with Gasteiger partial charge < -0.3 is 60.0 Å². The van der Waals surface area contributed by atoms with Crippen molar-refractivity contribution >= 4 is 90.6 Å². The molecule has 4 unspecified atom stereocenters. The molecule has 0 amide bonds. The van der Waals surface area contributed by atoms with Crippen molar-refractivity contribution in [3.63, 3.8) is 0 Å². The molecular formula is C82H64F8N4O16. The van der Waals surface area contributed by atoms with Crippen LogP contribution >= 0.6 is 0 Å². The first-order valence-electron chi connectivity index (χ1n) is 33.3. The van der Waals surface area contributed by atoms with Gasteiger partial charge in [-0.1, -0.05) is 66.7 Å². The summed E-state index contributed by atoms with van der Waals surface area (Å²) in [6.45, 7) is -0.0883. The zero-order chi connectivity index (χ0) is 79.2. The average Bonchev–Trinajstić information content (AvgIpc) is 1.63. The largest absolute Gasteiger partial charge is 0.495 e. The molecule has 0 saturated carbocycles. The van der Waals surface area contributed by atoms with Gasteiger partial charge in [-0.05, 0) is 124 Å². The maximum absolute atomic E-state index is 14.0. The van der Waals surface area contributed by atoms with Crippen LogP contribution in [0.4, 0.5) is 35.1 Å². The fraction of sp³-hybridized carbons (Fsp3) is 0.146. The second kappa shape index (κ2) is 35.4. The monoisotopic (exact) mass is 1510 g/mol. The number of aromatic amines is 4. The van der Waals surface area contributed by atoms with E-state index in [4.69, 9.17) is 9.47 Å². The molecule has 0 saturated heterocycles. The van der Waals surface area contributed by atoms with Crippen molar-refractivity contribution in [1.29, 1.82) is 0 Å². The van der Waals surface area contributed by atoms with Crippen molar-refractivity contribution in [2.24, 2.45) is 0 Å². The number of para-hydroxylation sites is 1. The van der Waals surface area contributed by atoms with E-state index in [-0.39, 0.29) is 42.1 Å². The maximum Gasteiger partial charge on any atom is 0.311 e. The Morgan fingerprint density at radius 3 is 1.20 bits per heavy atom. The van der Waals surface area contributed by atoms with Crippen molar-refractivity contribution in [3.05, 3.63) is 308 Å². The van der Waals surface area contributed by atoms with E-state index >= 15 is 0 Å². The molecule has 9 aromatic carbocycles. The number of hydrogen-bond acceptors (Lipinski definition) is 12. The summed E-state index contributed by atoms with van der Waals surface area (Å²) in [7, 11) is 1.49. The van der Waals surface area contributed by atoms with E-state index in [1.165, 1.54) is 31.9 Å². The van der Waals surface area contributed by atoms with Gasteiger partial charge in [0, 0.05) is 113 Å². The third-order valence-electron chi connectivity index (χ3n) is 18.0. The van der Waals surface area contributed by atoms with E-state index in [1.807, 2.05) is 30.3 Å². The summed E-state index contributed by atoms with van der Waals surface area (Å²) in [5, 5.41) is 59.3. The molecule has 0 bridgehead atoms. The summed E-state index contributed by atoms with van der Waals surface area (Å²) in [6, 6.07) is 40.2. The predicted molar refractivity (Wildman–Crippen MR) is 385 cm³/mol. The van der Waals surface area contributed by atoms with Gasteiger partial charge in [-0.15, -0.1) is 0 Å². The van der Waals surface area contributed by atoms with Crippen molar-refractivity contribution in [1.82, 2.24) is 19.9 Å². The third kappa shape index (κ3) is 18.5. The Morgan fingerprint density at radius 1 is 0.355 bits per heavy atom. The second-order valence-electron chi connectivity index (χ2n) is 25.0. The lowest BCUT2D eigenvalue weighted by Crippen LogP contribution is -2.17. The first kappa shape index (κ1) is 79.2. The molecule has 0 radical (unpaired) electrons. The summed E-state index contributed by atoms with van der Waals surface area (Å²) < 4.78 is 119. The van der Waals surface area contributed by atoms with E-state index in [2.05, 4.69) is 19.9 Å². The molecule has 0 fully saturated rings. The van der Waals surface area contributed by atoms with Crippen LogP contribution in [0.2, 0.25) is 0 Å². The van der Waals surface area contributed by atoms with Gasteiger partial charge in [0.1, 0.15) is 64.6 Å². The van der Waals surface area contributed by atoms with Gasteiger partial charge in [0.05, 0.1) is 71.8 Å². The lowest BCUT2D eigenvalue weighted by Gasteiger charge is -2.14. The van der Waals surface area contributed by atoms with Crippen molar-refractivity contribution in [2.75, 3.05) is 7.11 Å². The van der Waals surface area contributed by atoms with E-state index in [9.17, 15) is 104 Å². The molecule has 0 aliphatic carbocycles. The number of aliphatic hydroxyl groups excluding tert-OH is 2. The standard InChI is InChI=1S/C25H19F2NO4.3C19H15F2NO4/c26-16-9-10-17(20(27)11-16)22(29)12-18(25(30)31)19-13-28-21-7-4-8-23(24(19)21)32-14-15-5-2-1-3-6-15;1-26-17-4-2-3-11-14(9-22-18(11)17)13(19(24)25)8-16(23)12-6-5-10(20)7-15(12)21;20-11-2-3-12(16(21)6-11)18(24)7-14(19(25)26)15-8-22-17-4-1-10(9-23)5-13(15)17;20-11-2-4-13(16(21)6-11)18(24)7-14(19(25)26)15-8-22-17-5-10(9-23)1-3-12(15)17/h1-11,13,18,28H,12,14H2,(H,30,31);2-7,9,13,22H,8H2,1H3,(H,24,25);2*1-6,8,14,22-23H,7,9H2,(H,25,26). The van der Waals surface area contributed by atoms with E-state index in [0.29, 0.717) is 113 Å². The number of aliphatic hydroxyl groups is 2. The molecule has 10 N–H and O–H groups in total. The van der Waals surface area contributed by atoms with Crippen molar-refractivity contribution in [2.45, 2.75) is 69.2 Å². The lowest BCUT2D eigenvalue weighted by atomic mass is 9.91. The van der Waals surface area contributed by atoms with Gasteiger partial charge in [0.15, 0.2) is 23.1 Å². The number of benzene rings is 9. The van der Waals surface area contributed by atoms with Gasteiger partial charge in [-0.2, -0.15) is 0 Å². The summed E-state index contributed by atoms with van der Waals surface area (Å²) in [6.07, 6.45) is 4.10. The molecule has 28 heteroatoms. The molecule has 0 aliphatic heterocycles. The number of ketones is 4. The number of H-pyrrole nitrogens is 4. The van der Waals surface area contributed by atoms with Crippen LogP contribution in [-0.2, 0) is 39.0 Å². The van der Waals surface area contributed by atoms with Gasteiger partial charge in [0.25, 0.3) is 0 Å². The highest BCUT2D eigenvalue weighted by Gasteiger charge is 2.33. The fourth-order valence-electron chi connectivity index (χ4n) is 12.4. The van der Waals surface area contributed by atoms with Crippen LogP contribution in [-0.4, -0.2) is 105 Å². The number of carbonyl (C=O) groups is 8. The van der Waals surface area contributed by atoms with Crippen LogP contribution in [0.15, 0.2) is 201 Å². The van der Waals surface area contributed by atoms with Crippen LogP contribution in [0.3, 0.4) is 0 Å². The smallest absolute Gasteiger partial charge is 0.311 e. The van der Waals surface area contributed by atoms with Crippen LogP contribution in [0, 0.1) is 46.5 Å². The lowest BCUT2D eigenvalue weighted by molar-refractivity contribution is -0.139. The van der Waals surface area contributed by atoms with Gasteiger partial charge >= 0.3 is 23.9 Å². The number of rotatable bonds is 26. The Hall–Kier alpha value is -13.3. The molecule has 4 atom stereocenters. The number of fused-ring (bicyclic) bond motifs is 4. The van der Waals surface area contributed by atoms with E-state index in [0.717, 1.165) is 54.1 Å². The molecule has 13 aromatic rings. The Bertz CT molecular complexity index is 5550. The maximum atomic E-state index is 14.0. The number of hydrogen-bond donors (Lipinski definition) is 10. The highest BCUT2D eigenvalue weighted by Crippen LogP contribution is 2.39. The number of Topliss-reactive ketones (excluding diaryl/α,β-unsaturated/α-hetero) is 4. The molecule has 4 heterocycles. The summed E-state index contributed by atoms with van der Waals surface area (Å²) in [5.74, 6) is -19.0. The van der Waals surface area contributed by atoms with Gasteiger partial charge in [-0.3, -0.25) is 38.4 Å². The summed E-state index contributed by atoms with van der Waals surface area (Å²) >= 11 is 0. The molecular weight excluding hydrogens is 1450 g/mol. The SMILES string of the molecule is COc1cccc2c(C(CC(=O)c3ccc(F)cc3F)C(=O)O)c[nH]c12.O=C(CC(C(=O)O)c1c[nH]c2cc(CO)ccc12)c1ccc(F)cc1F.O=C(CC(C(=O)O)c1c[nH]c2ccc(CO)cc12)c1ccc(F)cc1F.O=C(CC(C(=O)O)c1c[nH]c2cccc(OCc3ccccc3)c12)c1ccc(F)cc1F.